The van der Waals surface area contributed by atoms with Gasteiger partial charge in [0, 0.05) is 11.2 Å². The highest BCUT2D eigenvalue weighted by atomic mass is 16.5. The van der Waals surface area contributed by atoms with Crippen molar-refractivity contribution >= 4 is 5.91 Å². The lowest BCUT2D eigenvalue weighted by Gasteiger charge is -2.20. The van der Waals surface area contributed by atoms with Crippen LogP contribution in [0.5, 0.6) is 5.75 Å². The molecule has 1 heterocycles. The van der Waals surface area contributed by atoms with Crippen LogP contribution in [0, 0.1) is 6.92 Å². The first kappa shape index (κ1) is 12.5. The predicted octanol–water partition coefficient (Wildman–Crippen LogP) is 1.68. The van der Waals surface area contributed by atoms with E-state index < -0.39 is 0 Å². The van der Waals surface area contributed by atoms with Crippen molar-refractivity contribution in [2.24, 2.45) is 0 Å². The number of hydrogen-bond acceptors (Lipinski definition) is 3. The number of pyridine rings is 1. The Balaban J connectivity index is 2.40. The number of rotatable bonds is 3. The summed E-state index contributed by atoms with van der Waals surface area (Å²) in [5, 5.41) is 2.82. The molecule has 1 N–H and O–H groups in total. The second kappa shape index (κ2) is 4.96. The Morgan fingerprint density at radius 1 is 1.44 bits per heavy atom. The quantitative estimate of drug-likeness (QED) is 0.846. The number of hydrogen-bond donors (Lipinski definition) is 1. The average Bonchev–Trinajstić information content (AvgIpc) is 2.14. The molecule has 0 radical (unpaired) electrons. The standard InChI is InChI=1S/C12H18N2O2/c1-9-5-6-10(7-13-9)16-8-11(15)14-12(2,3)4/h5-7H,8H2,1-4H3,(H,14,15). The fraction of sp³-hybridized carbons (Fsp3) is 0.500. The van der Waals surface area contributed by atoms with Crippen molar-refractivity contribution in [1.82, 2.24) is 10.3 Å². The molecule has 4 nitrogen and oxygen atoms in total. The zero-order valence-corrected chi connectivity index (χ0v) is 10.2. The Hall–Kier alpha value is -1.58. The minimum absolute atomic E-state index is 0.0159. The number of aromatic nitrogens is 1. The van der Waals surface area contributed by atoms with Gasteiger partial charge in [-0.3, -0.25) is 9.78 Å². The lowest BCUT2D eigenvalue weighted by molar-refractivity contribution is -0.124. The van der Waals surface area contributed by atoms with E-state index in [9.17, 15) is 4.79 Å². The molecule has 0 unspecified atom stereocenters. The Bertz CT molecular complexity index is 352. The molecule has 0 aliphatic carbocycles. The highest BCUT2D eigenvalue weighted by Gasteiger charge is 2.13. The number of carbonyl (C=O) groups excluding carboxylic acids is 1. The normalized spacial score (nSPS) is 11.0. The van der Waals surface area contributed by atoms with Gasteiger partial charge in [-0.15, -0.1) is 0 Å². The van der Waals surface area contributed by atoms with Crippen LogP contribution in [0.15, 0.2) is 18.3 Å². The maximum Gasteiger partial charge on any atom is 0.258 e. The van der Waals surface area contributed by atoms with Crippen molar-refractivity contribution in [2.45, 2.75) is 33.2 Å². The van der Waals surface area contributed by atoms with Crippen molar-refractivity contribution in [3.63, 3.8) is 0 Å². The first-order chi connectivity index (χ1) is 7.37. The van der Waals surface area contributed by atoms with E-state index in [0.717, 1.165) is 5.69 Å². The Labute approximate surface area is 96.0 Å². The average molecular weight is 222 g/mol. The Morgan fingerprint density at radius 3 is 2.62 bits per heavy atom. The molecule has 0 atom stereocenters. The zero-order chi connectivity index (χ0) is 12.2. The summed E-state index contributed by atoms with van der Waals surface area (Å²) in [6.45, 7) is 7.70. The van der Waals surface area contributed by atoms with Gasteiger partial charge in [-0.05, 0) is 39.8 Å². The molecular weight excluding hydrogens is 204 g/mol. The lowest BCUT2D eigenvalue weighted by Crippen LogP contribution is -2.43. The van der Waals surface area contributed by atoms with Crippen molar-refractivity contribution < 1.29 is 9.53 Å². The highest BCUT2D eigenvalue weighted by Crippen LogP contribution is 2.08. The van der Waals surface area contributed by atoms with Gasteiger partial charge >= 0.3 is 0 Å². The smallest absolute Gasteiger partial charge is 0.258 e. The number of amides is 1. The number of aryl methyl sites for hydroxylation is 1. The first-order valence-electron chi connectivity index (χ1n) is 5.23. The van der Waals surface area contributed by atoms with Gasteiger partial charge in [0.1, 0.15) is 5.75 Å². The van der Waals surface area contributed by atoms with Crippen molar-refractivity contribution in [1.29, 1.82) is 0 Å². The predicted molar refractivity (Wildman–Crippen MR) is 62.4 cm³/mol. The molecule has 0 fully saturated rings. The molecule has 1 rings (SSSR count). The van der Waals surface area contributed by atoms with E-state index >= 15 is 0 Å². The molecule has 0 saturated carbocycles. The van der Waals surface area contributed by atoms with Crippen LogP contribution in [-0.4, -0.2) is 23.0 Å². The molecular formula is C12H18N2O2. The molecule has 0 bridgehead atoms. The SMILES string of the molecule is Cc1ccc(OCC(=O)NC(C)(C)C)cn1. The molecule has 4 heteroatoms. The lowest BCUT2D eigenvalue weighted by atomic mass is 10.1. The van der Waals surface area contributed by atoms with Gasteiger partial charge in [0.05, 0.1) is 6.20 Å². The summed E-state index contributed by atoms with van der Waals surface area (Å²) >= 11 is 0. The van der Waals surface area contributed by atoms with Crippen LogP contribution in [-0.2, 0) is 4.79 Å². The number of nitrogens with zero attached hydrogens (tertiary/aromatic N) is 1. The third-order valence-electron chi connectivity index (χ3n) is 1.77. The number of nitrogens with one attached hydrogen (secondary N) is 1. The summed E-state index contributed by atoms with van der Waals surface area (Å²) in [5.74, 6) is 0.475. The summed E-state index contributed by atoms with van der Waals surface area (Å²) in [6, 6.07) is 3.64. The van der Waals surface area contributed by atoms with E-state index in [2.05, 4.69) is 10.3 Å². The van der Waals surface area contributed by atoms with Crippen LogP contribution in [0.25, 0.3) is 0 Å². The van der Waals surface area contributed by atoms with Crippen LogP contribution < -0.4 is 10.1 Å². The monoisotopic (exact) mass is 222 g/mol. The van der Waals surface area contributed by atoms with Crippen LogP contribution >= 0.6 is 0 Å². The second-order valence-electron chi connectivity index (χ2n) is 4.72. The molecule has 88 valence electrons. The molecule has 1 aromatic rings. The van der Waals surface area contributed by atoms with Gasteiger partial charge in [-0.1, -0.05) is 0 Å². The topological polar surface area (TPSA) is 51.2 Å². The van der Waals surface area contributed by atoms with Gasteiger partial charge in [0.2, 0.25) is 0 Å². The van der Waals surface area contributed by atoms with Gasteiger partial charge in [-0.2, -0.15) is 0 Å². The first-order valence-corrected chi connectivity index (χ1v) is 5.23. The molecule has 0 aromatic carbocycles. The second-order valence-corrected chi connectivity index (χ2v) is 4.72. The summed E-state index contributed by atoms with van der Waals surface area (Å²) in [6.07, 6.45) is 1.61. The molecule has 0 saturated heterocycles. The van der Waals surface area contributed by atoms with E-state index in [-0.39, 0.29) is 18.1 Å². The van der Waals surface area contributed by atoms with Crippen LogP contribution in [0.4, 0.5) is 0 Å². The maximum atomic E-state index is 11.4. The fourth-order valence-electron chi connectivity index (χ4n) is 1.14. The Kier molecular flexibility index (Phi) is 3.88. The minimum Gasteiger partial charge on any atom is -0.482 e. The molecule has 0 aliphatic heterocycles. The van der Waals surface area contributed by atoms with E-state index in [4.69, 9.17) is 4.74 Å². The van der Waals surface area contributed by atoms with Crippen LogP contribution in [0.3, 0.4) is 0 Å². The number of ether oxygens (including phenoxy) is 1. The van der Waals surface area contributed by atoms with E-state index in [0.29, 0.717) is 5.75 Å². The molecule has 16 heavy (non-hydrogen) atoms. The third kappa shape index (κ3) is 4.77. The van der Waals surface area contributed by atoms with Crippen molar-refractivity contribution in [2.75, 3.05) is 6.61 Å². The summed E-state index contributed by atoms with van der Waals surface area (Å²) in [4.78, 5) is 15.5. The molecule has 1 aromatic heterocycles. The van der Waals surface area contributed by atoms with Gasteiger partial charge in [0.25, 0.3) is 5.91 Å². The van der Waals surface area contributed by atoms with Crippen molar-refractivity contribution in [3.05, 3.63) is 24.0 Å². The van der Waals surface area contributed by atoms with E-state index in [1.165, 1.54) is 0 Å². The highest BCUT2D eigenvalue weighted by molar-refractivity contribution is 5.78. The maximum absolute atomic E-state index is 11.4. The zero-order valence-electron chi connectivity index (χ0n) is 10.2. The van der Waals surface area contributed by atoms with Crippen LogP contribution in [0.2, 0.25) is 0 Å². The number of carbonyl (C=O) groups is 1. The fourth-order valence-corrected chi connectivity index (χ4v) is 1.14. The largest absolute Gasteiger partial charge is 0.482 e. The van der Waals surface area contributed by atoms with Crippen molar-refractivity contribution in [3.8, 4) is 5.75 Å². The van der Waals surface area contributed by atoms with E-state index in [1.54, 1.807) is 12.3 Å². The van der Waals surface area contributed by atoms with E-state index in [1.807, 2.05) is 33.8 Å². The molecule has 1 amide bonds. The minimum atomic E-state index is -0.230. The summed E-state index contributed by atoms with van der Waals surface area (Å²) < 4.78 is 5.29. The van der Waals surface area contributed by atoms with Gasteiger partial charge in [0.15, 0.2) is 6.61 Å². The van der Waals surface area contributed by atoms with Crippen LogP contribution in [0.1, 0.15) is 26.5 Å². The summed E-state index contributed by atoms with van der Waals surface area (Å²) in [5.41, 5.74) is 0.692. The third-order valence-corrected chi connectivity index (χ3v) is 1.77. The Morgan fingerprint density at radius 2 is 2.12 bits per heavy atom. The molecule has 0 aliphatic rings. The summed E-state index contributed by atoms with van der Waals surface area (Å²) in [7, 11) is 0. The van der Waals surface area contributed by atoms with Gasteiger partial charge < -0.3 is 10.1 Å². The van der Waals surface area contributed by atoms with Gasteiger partial charge in [-0.25, -0.2) is 0 Å². The molecule has 0 spiro atoms.